The third-order valence-corrected chi connectivity index (χ3v) is 6.38. The zero-order chi connectivity index (χ0) is 21.1. The molecule has 29 heavy (non-hydrogen) atoms. The van der Waals surface area contributed by atoms with E-state index in [0.717, 1.165) is 31.6 Å². The summed E-state index contributed by atoms with van der Waals surface area (Å²) in [5.74, 6) is 1.99. The van der Waals surface area contributed by atoms with Crippen molar-refractivity contribution < 1.29 is 29.9 Å². The lowest BCUT2D eigenvalue weighted by atomic mass is 9.82. The van der Waals surface area contributed by atoms with Crippen LogP contribution in [0, 0.1) is 11.8 Å². The van der Waals surface area contributed by atoms with Gasteiger partial charge in [-0.05, 0) is 61.6 Å². The lowest BCUT2D eigenvalue weighted by molar-refractivity contribution is -0.231. The molecule has 0 bridgehead atoms. The molecule has 2 aliphatic rings. The summed E-state index contributed by atoms with van der Waals surface area (Å²) in [7, 11) is 0. The third-order valence-electron chi connectivity index (χ3n) is 6.07. The van der Waals surface area contributed by atoms with Crippen LogP contribution in [0.2, 0.25) is 5.02 Å². The zero-order valence-corrected chi connectivity index (χ0v) is 17.8. The van der Waals surface area contributed by atoms with Gasteiger partial charge in [0.15, 0.2) is 0 Å². The molecule has 1 aliphatic heterocycles. The number of hydrogen-bond acceptors (Lipinski definition) is 6. The Balaban J connectivity index is 1.69. The van der Waals surface area contributed by atoms with Crippen molar-refractivity contribution in [2.24, 2.45) is 11.8 Å². The Morgan fingerprint density at radius 2 is 1.76 bits per heavy atom. The van der Waals surface area contributed by atoms with Crippen molar-refractivity contribution in [2.75, 3.05) is 6.61 Å². The second-order valence-electron chi connectivity index (χ2n) is 8.83. The van der Waals surface area contributed by atoms with E-state index in [1.807, 2.05) is 0 Å². The van der Waals surface area contributed by atoms with Gasteiger partial charge < -0.3 is 29.9 Å². The first-order valence-electron chi connectivity index (χ1n) is 10.6. The summed E-state index contributed by atoms with van der Waals surface area (Å²) in [5, 5.41) is 40.3. The number of halogens is 1. The molecule has 7 heteroatoms. The van der Waals surface area contributed by atoms with Gasteiger partial charge in [0.2, 0.25) is 0 Å². The number of aliphatic hydroxyl groups excluding tert-OH is 4. The van der Waals surface area contributed by atoms with Crippen molar-refractivity contribution in [2.45, 2.75) is 82.6 Å². The molecule has 0 radical (unpaired) electrons. The van der Waals surface area contributed by atoms with Crippen LogP contribution in [0.3, 0.4) is 0 Å². The minimum absolute atomic E-state index is 0.0981. The highest BCUT2D eigenvalue weighted by Gasteiger charge is 2.44. The van der Waals surface area contributed by atoms with Gasteiger partial charge in [0.1, 0.15) is 36.3 Å². The van der Waals surface area contributed by atoms with E-state index in [0.29, 0.717) is 22.3 Å². The van der Waals surface area contributed by atoms with Crippen LogP contribution in [0.4, 0.5) is 0 Å². The Hall–Kier alpha value is -0.890. The first-order chi connectivity index (χ1) is 13.8. The fourth-order valence-electron chi connectivity index (χ4n) is 4.50. The van der Waals surface area contributed by atoms with Crippen LogP contribution in [0.15, 0.2) is 18.2 Å². The highest BCUT2D eigenvalue weighted by molar-refractivity contribution is 6.32. The maximum Gasteiger partial charge on any atom is 0.138 e. The van der Waals surface area contributed by atoms with Crippen LogP contribution < -0.4 is 4.74 Å². The van der Waals surface area contributed by atoms with Crippen molar-refractivity contribution >= 4 is 11.6 Å². The Bertz CT molecular complexity index is 659. The fourth-order valence-corrected chi connectivity index (χ4v) is 4.66. The first kappa shape index (κ1) is 22.8. The van der Waals surface area contributed by atoms with E-state index in [1.165, 1.54) is 6.42 Å². The van der Waals surface area contributed by atoms with E-state index in [2.05, 4.69) is 13.8 Å². The standard InChI is InChI=1S/C22H33ClO6/c1-12(2)9-13-3-6-15(7-4-13)28-17-10-14(5-8-16(17)23)22-21(27)20(26)19(25)18(11-24)29-22/h5,8,10,12-13,15,18-22,24-27H,3-4,6-7,9,11H2,1-2H3/t13?,15?,18-,19-,20+,21-,22+/m1/s1. The maximum absolute atomic E-state index is 10.4. The molecule has 1 aromatic carbocycles. The molecule has 1 saturated carbocycles. The average Bonchev–Trinajstić information content (AvgIpc) is 2.69. The van der Waals surface area contributed by atoms with E-state index >= 15 is 0 Å². The smallest absolute Gasteiger partial charge is 0.138 e. The van der Waals surface area contributed by atoms with Gasteiger partial charge in [-0.1, -0.05) is 31.5 Å². The minimum Gasteiger partial charge on any atom is -0.489 e. The quantitative estimate of drug-likeness (QED) is 0.556. The molecule has 1 aliphatic carbocycles. The minimum atomic E-state index is -1.41. The Morgan fingerprint density at radius 1 is 1.07 bits per heavy atom. The topological polar surface area (TPSA) is 99.4 Å². The van der Waals surface area contributed by atoms with Crippen LogP contribution >= 0.6 is 11.6 Å². The summed E-state index contributed by atoms with van der Waals surface area (Å²) in [6, 6.07) is 5.09. The average molecular weight is 429 g/mol. The SMILES string of the molecule is CC(C)CC1CCC(Oc2cc([C@@H]3O[C@H](CO)[C@@H](O)[C@H](O)[C@H]3O)ccc2Cl)CC1. The molecule has 4 N–H and O–H groups in total. The number of ether oxygens (including phenoxy) is 2. The molecule has 0 aromatic heterocycles. The molecule has 0 amide bonds. The van der Waals surface area contributed by atoms with Crippen molar-refractivity contribution in [3.8, 4) is 5.75 Å². The third kappa shape index (κ3) is 5.43. The Kier molecular flexibility index (Phi) is 7.81. The second-order valence-corrected chi connectivity index (χ2v) is 9.24. The number of aliphatic hydroxyl groups is 4. The lowest BCUT2D eigenvalue weighted by Gasteiger charge is -2.40. The molecular formula is C22H33ClO6. The normalized spacial score (nSPS) is 35.7. The van der Waals surface area contributed by atoms with Gasteiger partial charge in [-0.25, -0.2) is 0 Å². The Morgan fingerprint density at radius 3 is 2.38 bits per heavy atom. The van der Waals surface area contributed by atoms with E-state index in [-0.39, 0.29) is 6.10 Å². The molecule has 1 heterocycles. The zero-order valence-electron chi connectivity index (χ0n) is 17.1. The summed E-state index contributed by atoms with van der Waals surface area (Å²) >= 11 is 6.34. The van der Waals surface area contributed by atoms with E-state index in [9.17, 15) is 20.4 Å². The fraction of sp³-hybridized carbons (Fsp3) is 0.727. The summed E-state index contributed by atoms with van der Waals surface area (Å²) in [4.78, 5) is 0. The summed E-state index contributed by atoms with van der Waals surface area (Å²) < 4.78 is 11.8. The number of hydrogen-bond donors (Lipinski definition) is 4. The highest BCUT2D eigenvalue weighted by Crippen LogP contribution is 2.38. The summed E-state index contributed by atoms with van der Waals surface area (Å²) in [6.07, 6.45) is -0.358. The van der Waals surface area contributed by atoms with Crippen molar-refractivity contribution in [3.05, 3.63) is 28.8 Å². The molecule has 3 rings (SSSR count). The Labute approximate surface area is 177 Å². The number of rotatable bonds is 6. The second kappa shape index (κ2) is 9.94. The first-order valence-corrected chi connectivity index (χ1v) is 10.9. The van der Waals surface area contributed by atoms with Crippen LogP contribution in [0.5, 0.6) is 5.75 Å². The van der Waals surface area contributed by atoms with Gasteiger partial charge in [0.25, 0.3) is 0 Å². The van der Waals surface area contributed by atoms with Gasteiger partial charge in [-0.3, -0.25) is 0 Å². The van der Waals surface area contributed by atoms with Crippen LogP contribution in [0.1, 0.15) is 57.6 Å². The molecule has 164 valence electrons. The predicted molar refractivity (Wildman–Crippen MR) is 110 cm³/mol. The van der Waals surface area contributed by atoms with Gasteiger partial charge in [-0.15, -0.1) is 0 Å². The molecule has 1 saturated heterocycles. The maximum atomic E-state index is 10.4. The van der Waals surface area contributed by atoms with E-state index < -0.39 is 37.1 Å². The molecule has 5 atom stereocenters. The summed E-state index contributed by atoms with van der Waals surface area (Å²) in [6.45, 7) is 4.05. The van der Waals surface area contributed by atoms with Crippen LogP contribution in [-0.4, -0.2) is 57.6 Å². The van der Waals surface area contributed by atoms with E-state index in [4.69, 9.17) is 21.1 Å². The van der Waals surface area contributed by atoms with E-state index in [1.54, 1.807) is 18.2 Å². The molecular weight excluding hydrogens is 396 g/mol. The van der Waals surface area contributed by atoms with Crippen molar-refractivity contribution in [1.29, 1.82) is 0 Å². The predicted octanol–water partition coefficient (Wildman–Crippen LogP) is 2.84. The highest BCUT2D eigenvalue weighted by atomic mass is 35.5. The van der Waals surface area contributed by atoms with Crippen molar-refractivity contribution in [3.63, 3.8) is 0 Å². The molecule has 6 nitrogen and oxygen atoms in total. The molecule has 0 unspecified atom stereocenters. The monoisotopic (exact) mass is 428 g/mol. The number of benzene rings is 1. The van der Waals surface area contributed by atoms with Gasteiger partial charge in [0.05, 0.1) is 17.7 Å². The van der Waals surface area contributed by atoms with Gasteiger partial charge >= 0.3 is 0 Å². The largest absolute Gasteiger partial charge is 0.489 e. The van der Waals surface area contributed by atoms with Crippen molar-refractivity contribution in [1.82, 2.24) is 0 Å². The van der Waals surface area contributed by atoms with Crippen LogP contribution in [-0.2, 0) is 4.74 Å². The lowest BCUT2D eigenvalue weighted by Crippen LogP contribution is -2.55. The van der Waals surface area contributed by atoms with Crippen LogP contribution in [0.25, 0.3) is 0 Å². The summed E-state index contributed by atoms with van der Waals surface area (Å²) in [5.41, 5.74) is 0.579. The molecule has 1 aromatic rings. The van der Waals surface area contributed by atoms with Gasteiger partial charge in [0, 0.05) is 0 Å². The molecule has 2 fully saturated rings. The van der Waals surface area contributed by atoms with Gasteiger partial charge in [-0.2, -0.15) is 0 Å². The molecule has 0 spiro atoms.